The van der Waals surface area contributed by atoms with Crippen molar-refractivity contribution >= 4 is 47.1 Å². The van der Waals surface area contributed by atoms with Crippen LogP contribution in [0.25, 0.3) is 0 Å². The standard InChI is InChI=1S/C29H33N5O3.C28H33F2N5O4.C22H25F2N5O4.C21H23F2N5O4/c1-3-20-4-8-23(9-5-20)37-28(2)18-33(19-28)22-10-12-29(13-11-22,14-15-30)34-17-24(27(31)36)25(32-34)16-26(35)21-6-7-21;1-27(39-21-6-4-20(5-7-21)38-26(29)30)16-34(17-27)19-8-10-28(11-9-19,12-13-31)35-15-22(25(32)37)23(33-35)14-24(36)18-2-3-18;1-13-7-16(23)14(8-18(13)30)10-28-6-4-22(3-5-25,19(24)12-28)29-11-15(21(26)32)17(27-29)9-20(31)33-2;1-32-19(30)9-17-16(20(25)31)11-28(26-17)21(2-4-24)3-5-27(12-18(21)23)10-13-6-14(22)8-15(29)7-13/h1,4-5,8-9,17,21-22H,6-7,10-14,16,18-19H2,2H3,(H2,31,36);4-7,15,18-19,26H,2-3,8-12,14,16-17H2,1H3,(H2,32,37);7-8,11,19,30H,3-4,6,9-10,12H2,1-2H3,(H2,26,32);6-8,11,18,29H,2-3,5,9-10,12H2,1H3,(H2,25,31). The van der Waals surface area contributed by atoms with Gasteiger partial charge in [0.2, 0.25) is 0 Å². The highest BCUT2D eigenvalue weighted by Gasteiger charge is 2.53. The average molecular weight is 1950 g/mol. The lowest BCUT2D eigenvalue weighted by molar-refractivity contribution is -0.140. The van der Waals surface area contributed by atoms with E-state index in [1.54, 1.807) is 50.6 Å². The Kier molecular flexibility index (Phi) is 32.6. The number of nitrogens with two attached hydrogens (primary N) is 4. The quantitative estimate of drug-likeness (QED) is 0.0124. The van der Waals surface area contributed by atoms with Gasteiger partial charge in [-0.05, 0) is 195 Å². The van der Waals surface area contributed by atoms with Gasteiger partial charge in [-0.3, -0.25) is 76.7 Å². The molecule has 16 rings (SSSR count). The minimum atomic E-state index is -2.87. The Balaban J connectivity index is 0.000000159. The Morgan fingerprint density at radius 2 is 0.879 bits per heavy atom. The Morgan fingerprint density at radius 1 is 0.504 bits per heavy atom. The molecule has 35 nitrogen and oxygen atoms in total. The Labute approximate surface area is 810 Å². The number of methoxy groups -OCH3 is 2. The molecule has 8 heterocycles. The van der Waals surface area contributed by atoms with Crippen molar-refractivity contribution in [1.29, 1.82) is 21.0 Å². The maximum Gasteiger partial charge on any atom is 0.387 e. The summed E-state index contributed by atoms with van der Waals surface area (Å²) < 4.78 is 116. The van der Waals surface area contributed by atoms with Crippen LogP contribution in [0.3, 0.4) is 0 Å². The molecule has 141 heavy (non-hydrogen) atoms. The van der Waals surface area contributed by atoms with Crippen molar-refractivity contribution in [2.45, 2.75) is 240 Å². The number of aromatic hydroxyl groups is 2. The average Bonchev–Trinajstić information content (AvgIpc) is 1.74. The fraction of sp³-hybridized carbons (Fsp3) is 0.500. The number of carbonyl (C=O) groups is 8. The first-order valence-corrected chi connectivity index (χ1v) is 46.5. The van der Waals surface area contributed by atoms with E-state index in [4.69, 9.17) is 38.8 Å². The molecule has 10 N–H and O–H groups in total. The Bertz CT molecular complexity index is 6150. The molecular weight excluding hydrogens is 1840 g/mol. The van der Waals surface area contributed by atoms with Crippen LogP contribution < -0.4 is 37.1 Å². The second kappa shape index (κ2) is 44.1. The van der Waals surface area contributed by atoms with Crippen molar-refractivity contribution < 1.29 is 98.6 Å². The number of amides is 4. The fourth-order valence-corrected chi connectivity index (χ4v) is 19.9. The van der Waals surface area contributed by atoms with Crippen LogP contribution in [0.15, 0.2) is 104 Å². The molecule has 0 radical (unpaired) electrons. The highest BCUT2D eigenvalue weighted by Crippen LogP contribution is 2.47. The number of phenolic OH excluding ortho intramolecular Hbond substituents is 2. The molecule has 4 aromatic heterocycles. The van der Waals surface area contributed by atoms with Gasteiger partial charge in [0.05, 0.1) is 146 Å². The second-order valence-electron chi connectivity index (χ2n) is 38.4. The maximum atomic E-state index is 15.6. The number of aryl methyl sites for hydroxylation is 1. The predicted octanol–water partition coefficient (Wildman–Crippen LogP) is 10.1. The molecule has 8 fully saturated rings. The molecule has 0 spiro atoms. The summed E-state index contributed by atoms with van der Waals surface area (Å²) in [6.45, 7) is 6.67. The summed E-state index contributed by atoms with van der Waals surface area (Å²) in [6.07, 6.45) is 18.1. The van der Waals surface area contributed by atoms with E-state index >= 15 is 8.78 Å². The lowest BCUT2D eigenvalue weighted by Gasteiger charge is -2.53. The van der Waals surface area contributed by atoms with E-state index in [1.807, 2.05) is 43.3 Å². The second-order valence-corrected chi connectivity index (χ2v) is 38.4. The molecule has 0 bridgehead atoms. The van der Waals surface area contributed by atoms with Crippen molar-refractivity contribution in [2.24, 2.45) is 34.8 Å². The summed E-state index contributed by atoms with van der Waals surface area (Å²) >= 11 is 0. The molecule has 4 aliphatic carbocycles. The molecule has 4 amide bonds. The van der Waals surface area contributed by atoms with Gasteiger partial charge in [-0.2, -0.15) is 50.2 Å². The number of ether oxygens (including phenoxy) is 5. The number of rotatable bonds is 34. The molecule has 41 heteroatoms. The van der Waals surface area contributed by atoms with Crippen LogP contribution in [0.4, 0.5) is 26.3 Å². The third-order valence-electron chi connectivity index (χ3n) is 28.1. The van der Waals surface area contributed by atoms with Gasteiger partial charge in [0.25, 0.3) is 23.6 Å². The summed E-state index contributed by atoms with van der Waals surface area (Å²) in [5.74, 6) is -1.06. The van der Waals surface area contributed by atoms with Crippen LogP contribution in [-0.2, 0) is 89.6 Å². The molecule has 4 saturated heterocycles. The topological polar surface area (TPSA) is 507 Å². The summed E-state index contributed by atoms with van der Waals surface area (Å²) in [5, 5.41) is 75.4. The first-order valence-electron chi connectivity index (χ1n) is 46.5. The zero-order valence-electron chi connectivity index (χ0n) is 79.0. The molecule has 4 aromatic carbocycles. The summed E-state index contributed by atoms with van der Waals surface area (Å²) in [7, 11) is 2.37. The minimum Gasteiger partial charge on any atom is -0.508 e. The molecule has 746 valence electrons. The smallest absolute Gasteiger partial charge is 0.387 e. The number of hydrogen-bond acceptors (Lipinski definition) is 27. The normalized spacial score (nSPS) is 23.0. The number of benzene rings is 4. The number of likely N-dealkylation sites (tertiary alicyclic amines) is 4. The first kappa shape index (κ1) is 104. The lowest BCUT2D eigenvalue weighted by atomic mass is 9.76. The van der Waals surface area contributed by atoms with Crippen LogP contribution >= 0.6 is 0 Å². The van der Waals surface area contributed by atoms with Crippen molar-refractivity contribution in [2.75, 3.05) is 66.6 Å². The zero-order valence-corrected chi connectivity index (χ0v) is 79.0. The van der Waals surface area contributed by atoms with Crippen LogP contribution in [-0.4, -0.2) is 225 Å². The van der Waals surface area contributed by atoms with Crippen molar-refractivity contribution in [3.8, 4) is 65.4 Å². The van der Waals surface area contributed by atoms with Crippen LogP contribution in [0.1, 0.15) is 216 Å². The van der Waals surface area contributed by atoms with E-state index < -0.39 is 93.9 Å². The lowest BCUT2D eigenvalue weighted by Crippen LogP contribution is -2.66. The van der Waals surface area contributed by atoms with Gasteiger partial charge in [0.1, 0.15) is 86.6 Å². The number of ketones is 2. The van der Waals surface area contributed by atoms with Crippen molar-refractivity contribution in [3.05, 3.63) is 183 Å². The van der Waals surface area contributed by atoms with Gasteiger partial charge in [-0.15, -0.1) is 6.42 Å². The van der Waals surface area contributed by atoms with E-state index in [0.29, 0.717) is 78.3 Å². The third kappa shape index (κ3) is 24.6. The summed E-state index contributed by atoms with van der Waals surface area (Å²) in [4.78, 5) is 104. The molecule has 4 atom stereocenters. The maximum absolute atomic E-state index is 15.6. The number of hydrogen-bond donors (Lipinski definition) is 6. The molecule has 8 aliphatic rings. The van der Waals surface area contributed by atoms with Gasteiger partial charge in [-0.25, -0.2) is 17.6 Å². The van der Waals surface area contributed by atoms with Gasteiger partial charge < -0.3 is 56.8 Å². The first-order chi connectivity index (χ1) is 67.1. The molecule has 8 aromatic rings. The van der Waals surface area contributed by atoms with E-state index in [0.717, 1.165) is 108 Å². The van der Waals surface area contributed by atoms with Gasteiger partial charge in [0.15, 0.2) is 0 Å². The number of Topliss-reactive ketones (excluding diaryl/α,β-unsaturated/α-hetero) is 2. The fourth-order valence-electron chi connectivity index (χ4n) is 19.9. The zero-order chi connectivity index (χ0) is 102. The minimum absolute atomic E-state index is 0.0403. The number of phenols is 2. The number of piperidine rings is 2. The van der Waals surface area contributed by atoms with Crippen molar-refractivity contribution in [3.63, 3.8) is 0 Å². The number of nitriles is 4. The molecule has 4 aliphatic heterocycles. The third-order valence-corrected chi connectivity index (χ3v) is 28.1. The van der Waals surface area contributed by atoms with E-state index in [2.05, 4.69) is 69.4 Å². The number of alkyl halides is 4. The van der Waals surface area contributed by atoms with Gasteiger partial charge in [0, 0.05) is 131 Å². The van der Waals surface area contributed by atoms with E-state index in [9.17, 15) is 87.2 Å². The number of terminal acetylenes is 1. The number of primary amides is 4. The Morgan fingerprint density at radius 3 is 1.24 bits per heavy atom. The summed E-state index contributed by atoms with van der Waals surface area (Å²) in [5.41, 5.74) is 20.9. The summed E-state index contributed by atoms with van der Waals surface area (Å²) in [6, 6.07) is 29.3. The highest BCUT2D eigenvalue weighted by atomic mass is 19.3. The van der Waals surface area contributed by atoms with Crippen LogP contribution in [0.5, 0.6) is 28.7 Å². The van der Waals surface area contributed by atoms with Crippen LogP contribution in [0, 0.1) is 88.1 Å². The highest BCUT2D eigenvalue weighted by molar-refractivity contribution is 5.97. The number of carbonyl (C=O) groups excluding carboxylic acids is 8. The monoisotopic (exact) mass is 1950 g/mol. The van der Waals surface area contributed by atoms with Gasteiger partial charge >= 0.3 is 18.6 Å². The SMILES string of the molecule is C#Cc1ccc(OC2(C)CN(C3CCC(CC#N)(n4cc(C(N)=O)c(CC(=O)C5CC5)n4)CC3)C2)cc1.CC1(Oc2ccc(OC(F)F)cc2)CN(C2CCC(CC#N)(n3cc(C(N)=O)c(CC(=O)C4CC4)n3)CC2)C1.COC(=O)Cc1nn(C2(CC#N)CCN(Cc3cc(O)c(C)cc3F)CC2F)cc1C(N)=O.COC(=O)Cc1nn(C2(CC#N)CCN(Cc3cc(O)cc(F)c3)CC2F)cc1C(N)=O. The van der Waals surface area contributed by atoms with Crippen molar-refractivity contribution in [1.82, 2.24) is 58.7 Å². The van der Waals surface area contributed by atoms with Crippen LogP contribution in [0.2, 0.25) is 0 Å². The van der Waals surface area contributed by atoms with E-state index in [1.165, 1.54) is 72.4 Å². The largest absolute Gasteiger partial charge is 0.508 e. The molecular formula is C100H114F6N20O15. The van der Waals surface area contributed by atoms with E-state index in [-0.39, 0.29) is 164 Å². The number of halogens is 6. The Hall–Kier alpha value is -14.2. The number of nitrogens with zero attached hydrogens (tertiary/aromatic N) is 16. The number of aromatic nitrogens is 8. The number of esters is 2. The molecule has 4 unspecified atom stereocenters. The van der Waals surface area contributed by atoms with Gasteiger partial charge in [-0.1, -0.05) is 5.92 Å². The predicted molar refractivity (Wildman–Crippen MR) is 494 cm³/mol. The molecule has 4 saturated carbocycles.